The van der Waals surface area contributed by atoms with E-state index in [2.05, 4.69) is 5.32 Å². The lowest BCUT2D eigenvalue weighted by Gasteiger charge is -2.41. The van der Waals surface area contributed by atoms with Crippen LogP contribution >= 0.6 is 0 Å². The predicted molar refractivity (Wildman–Crippen MR) is 100 cm³/mol. The molecule has 3 heterocycles. The van der Waals surface area contributed by atoms with Gasteiger partial charge < -0.3 is 29.7 Å². The van der Waals surface area contributed by atoms with E-state index < -0.39 is 30.7 Å². The third-order valence-electron chi connectivity index (χ3n) is 4.83. The molecule has 27 heavy (non-hydrogen) atoms. The first kappa shape index (κ1) is 21.8. The van der Waals surface area contributed by atoms with Crippen LogP contribution in [0.5, 0.6) is 0 Å². The van der Waals surface area contributed by atoms with E-state index in [0.29, 0.717) is 26.1 Å². The van der Waals surface area contributed by atoms with Gasteiger partial charge in [0, 0.05) is 19.1 Å². The zero-order valence-corrected chi connectivity index (χ0v) is 14.9. The van der Waals surface area contributed by atoms with Crippen LogP contribution in [0.3, 0.4) is 0 Å². The number of aliphatic hydroxyl groups is 2. The molecule has 0 aromatic heterocycles. The van der Waals surface area contributed by atoms with Crippen molar-refractivity contribution in [3.8, 4) is 0 Å². The summed E-state index contributed by atoms with van der Waals surface area (Å²) in [6.45, 7) is 2.84. The minimum Gasteiger partial charge on any atom is -0.387 e. The maximum Gasteiger partial charge on any atom is 0.223 e. The molecule has 2 bridgehead atoms. The van der Waals surface area contributed by atoms with Gasteiger partial charge in [0.25, 0.3) is 0 Å². The molecule has 1 aromatic carbocycles. The molecule has 3 aliphatic heterocycles. The van der Waals surface area contributed by atoms with E-state index in [4.69, 9.17) is 14.2 Å². The van der Waals surface area contributed by atoms with Gasteiger partial charge in [0.2, 0.25) is 5.91 Å². The fraction of sp³-hybridized carbons (Fsp3) is 0.650. The second-order valence-electron chi connectivity index (χ2n) is 6.92. The van der Waals surface area contributed by atoms with Gasteiger partial charge in [-0.1, -0.05) is 44.7 Å². The molecular weight excluding hydrogens is 350 g/mol. The summed E-state index contributed by atoms with van der Waals surface area (Å²) in [6, 6.07) is 9.83. The van der Waals surface area contributed by atoms with E-state index in [1.165, 1.54) is 0 Å². The lowest BCUT2D eigenvalue weighted by atomic mass is 9.97. The van der Waals surface area contributed by atoms with Gasteiger partial charge >= 0.3 is 0 Å². The Morgan fingerprint density at radius 1 is 1.19 bits per heavy atom. The van der Waals surface area contributed by atoms with E-state index in [1.54, 1.807) is 0 Å². The topological polar surface area (TPSA) is 97.3 Å². The predicted octanol–water partition coefficient (Wildman–Crippen LogP) is 0.870. The van der Waals surface area contributed by atoms with Crippen LogP contribution in [0.4, 0.5) is 0 Å². The summed E-state index contributed by atoms with van der Waals surface area (Å²) in [5.74, 6) is -0.289. The van der Waals surface area contributed by atoms with Gasteiger partial charge in [-0.05, 0) is 18.4 Å². The lowest BCUT2D eigenvalue weighted by molar-refractivity contribution is -0.292. The molecule has 1 aromatic rings. The number of ether oxygens (including phenoxy) is 3. The zero-order valence-electron chi connectivity index (χ0n) is 14.9. The van der Waals surface area contributed by atoms with Gasteiger partial charge in [-0.2, -0.15) is 0 Å². The highest BCUT2D eigenvalue weighted by Crippen LogP contribution is 2.26. The molecule has 0 aliphatic carbocycles. The van der Waals surface area contributed by atoms with Crippen molar-refractivity contribution in [2.75, 3.05) is 19.8 Å². The van der Waals surface area contributed by atoms with Crippen molar-refractivity contribution in [1.82, 2.24) is 5.32 Å². The molecule has 1 amide bonds. The van der Waals surface area contributed by atoms with Crippen LogP contribution in [-0.4, -0.2) is 66.6 Å². The van der Waals surface area contributed by atoms with Crippen molar-refractivity contribution in [2.45, 2.75) is 57.9 Å². The van der Waals surface area contributed by atoms with Crippen molar-refractivity contribution >= 4 is 5.91 Å². The summed E-state index contributed by atoms with van der Waals surface area (Å²) in [5.41, 5.74) is 1.10. The van der Waals surface area contributed by atoms with Gasteiger partial charge in [0.1, 0.15) is 24.4 Å². The number of carbonyl (C=O) groups excluding carboxylic acids is 1. The Balaban J connectivity index is 0.00000261. The summed E-state index contributed by atoms with van der Waals surface area (Å²) in [6.07, 6.45) is -3.17. The highest BCUT2D eigenvalue weighted by atomic mass is 16.7. The van der Waals surface area contributed by atoms with Crippen molar-refractivity contribution in [2.24, 2.45) is 5.92 Å². The molecule has 3 N–H and O–H groups in total. The highest BCUT2D eigenvalue weighted by Gasteiger charge is 2.46. The number of aliphatic hydroxyl groups excluding tert-OH is 2. The average molecular weight is 381 g/mol. The van der Waals surface area contributed by atoms with Crippen LogP contribution in [0, 0.1) is 5.92 Å². The average Bonchev–Trinajstić information content (AvgIpc) is 2.79. The number of carbonyl (C=O) groups is 1. The number of amides is 1. The fourth-order valence-electron chi connectivity index (χ4n) is 3.33. The highest BCUT2D eigenvalue weighted by molar-refractivity contribution is 5.78. The second kappa shape index (κ2) is 10.1. The van der Waals surface area contributed by atoms with Gasteiger partial charge in [0.15, 0.2) is 6.29 Å². The van der Waals surface area contributed by atoms with Gasteiger partial charge in [-0.25, -0.2) is 0 Å². The number of benzene rings is 1. The smallest absolute Gasteiger partial charge is 0.223 e. The largest absolute Gasteiger partial charge is 0.387 e. The molecule has 3 fully saturated rings. The van der Waals surface area contributed by atoms with Crippen molar-refractivity contribution in [3.05, 3.63) is 35.9 Å². The van der Waals surface area contributed by atoms with Crippen LogP contribution in [0.15, 0.2) is 30.3 Å². The Labute approximate surface area is 160 Å². The van der Waals surface area contributed by atoms with Crippen LogP contribution in [0.25, 0.3) is 0 Å². The molecule has 3 saturated heterocycles. The molecular formula is C20H31NO6. The molecule has 7 nitrogen and oxygen atoms in total. The van der Waals surface area contributed by atoms with E-state index in [-0.39, 0.29) is 25.8 Å². The summed E-state index contributed by atoms with van der Waals surface area (Å²) in [7, 11) is 0. The van der Waals surface area contributed by atoms with Crippen molar-refractivity contribution in [3.63, 3.8) is 0 Å². The first-order chi connectivity index (χ1) is 12.6. The molecule has 5 unspecified atom stereocenters. The Kier molecular flexibility index (Phi) is 8.19. The number of nitrogens with one attached hydrogen (secondary N) is 1. The number of fused-ring (bicyclic) bond motifs is 6. The van der Waals surface area contributed by atoms with Crippen LogP contribution in [-0.2, 0) is 25.4 Å². The van der Waals surface area contributed by atoms with Crippen LogP contribution < -0.4 is 5.32 Å². The molecule has 7 heteroatoms. The first-order valence-electron chi connectivity index (χ1n) is 9.12. The molecule has 152 valence electrons. The summed E-state index contributed by atoms with van der Waals surface area (Å²) < 4.78 is 16.9. The van der Waals surface area contributed by atoms with Crippen LogP contribution in [0.1, 0.15) is 26.3 Å². The Bertz CT molecular complexity index is 581. The van der Waals surface area contributed by atoms with E-state index >= 15 is 0 Å². The third kappa shape index (κ3) is 5.49. The molecule has 3 aliphatic rings. The normalized spacial score (nSPS) is 31.7. The number of hydrogen-bond acceptors (Lipinski definition) is 6. The number of hydrogen-bond donors (Lipinski definition) is 3. The molecule has 0 radical (unpaired) electrons. The van der Waals surface area contributed by atoms with Crippen LogP contribution in [0.2, 0.25) is 0 Å². The second-order valence-corrected chi connectivity index (χ2v) is 6.92. The SMILES string of the molecule is C.C[C@@H](Cc1ccccc1)C(=O)NCC1OC2OCCCOC1C(O)C2O. The minimum absolute atomic E-state index is 0. The maximum absolute atomic E-state index is 12.4. The maximum atomic E-state index is 12.4. The Hall–Kier alpha value is -1.51. The van der Waals surface area contributed by atoms with Gasteiger partial charge in [-0.15, -0.1) is 0 Å². The van der Waals surface area contributed by atoms with Crippen molar-refractivity contribution in [1.29, 1.82) is 0 Å². The number of rotatable bonds is 5. The molecule has 0 saturated carbocycles. The van der Waals surface area contributed by atoms with Gasteiger partial charge in [-0.3, -0.25) is 4.79 Å². The van der Waals surface area contributed by atoms with Crippen molar-refractivity contribution < 1.29 is 29.2 Å². The van der Waals surface area contributed by atoms with E-state index in [9.17, 15) is 15.0 Å². The monoisotopic (exact) mass is 381 g/mol. The minimum atomic E-state index is -1.16. The first-order valence-corrected chi connectivity index (χ1v) is 9.12. The standard InChI is InChI=1S/C19H27NO6.CH4/c1-12(10-13-6-3-2-4-7-13)18(23)20-11-14-17-15(21)16(22)19(26-14)25-9-5-8-24-17;/h2-4,6-7,12,14-17,19,21-22H,5,8-11H2,1H3,(H,20,23);1H4/t12-,14?,15?,16?,17?,19?;/m0./s1. The molecule has 0 spiro atoms. The Morgan fingerprint density at radius 3 is 2.63 bits per heavy atom. The molecule has 6 atom stereocenters. The van der Waals surface area contributed by atoms with Gasteiger partial charge in [0.05, 0.1) is 6.61 Å². The van der Waals surface area contributed by atoms with E-state index in [0.717, 1.165) is 5.56 Å². The molecule has 4 rings (SSSR count). The summed E-state index contributed by atoms with van der Waals surface area (Å²) in [5, 5.41) is 23.2. The van der Waals surface area contributed by atoms with E-state index in [1.807, 2.05) is 37.3 Å². The lowest BCUT2D eigenvalue weighted by Crippen LogP contribution is -2.61. The Morgan fingerprint density at radius 2 is 1.89 bits per heavy atom. The summed E-state index contributed by atoms with van der Waals surface area (Å²) >= 11 is 0. The third-order valence-corrected chi connectivity index (χ3v) is 4.83. The quantitative estimate of drug-likeness (QED) is 0.700. The fourth-order valence-corrected chi connectivity index (χ4v) is 3.33. The zero-order chi connectivity index (χ0) is 18.5. The summed E-state index contributed by atoms with van der Waals surface area (Å²) in [4.78, 5) is 12.4.